The summed E-state index contributed by atoms with van der Waals surface area (Å²) in [5.41, 5.74) is 7.30. The molecule has 1 atom stereocenters. The summed E-state index contributed by atoms with van der Waals surface area (Å²) in [5, 5.41) is -0.821. The molecule has 1 rings (SSSR count). The van der Waals surface area contributed by atoms with E-state index in [2.05, 4.69) is 6.92 Å². The van der Waals surface area contributed by atoms with Crippen molar-refractivity contribution >= 4 is 32.9 Å². The average Bonchev–Trinajstić information content (AvgIpc) is 2.38. The number of benzene rings is 1. The standard InChI is InChI=1S/C13H20N2O2S2/c1-4-10-6-8-11(9-7-10)15(3)19(16,17)12(5-2)13(14)18/h6-9,12H,4-5H2,1-3H3,(H2,14,18). The van der Waals surface area contributed by atoms with Gasteiger partial charge in [0.15, 0.2) is 0 Å². The van der Waals surface area contributed by atoms with Crippen LogP contribution in [0.2, 0.25) is 0 Å². The number of aryl methyl sites for hydroxylation is 1. The Hall–Kier alpha value is -1.14. The number of sulfonamides is 1. The minimum absolute atomic E-state index is 0.0135. The van der Waals surface area contributed by atoms with Gasteiger partial charge in [-0.1, -0.05) is 38.2 Å². The number of rotatable bonds is 6. The first-order valence-electron chi connectivity index (χ1n) is 6.20. The summed E-state index contributed by atoms with van der Waals surface area (Å²) < 4.78 is 26.1. The van der Waals surface area contributed by atoms with Crippen molar-refractivity contribution in [2.24, 2.45) is 5.73 Å². The van der Waals surface area contributed by atoms with Gasteiger partial charge in [0.1, 0.15) is 5.25 Å². The number of nitrogens with zero attached hydrogens (tertiary/aromatic N) is 1. The average molecular weight is 300 g/mol. The molecule has 4 nitrogen and oxygen atoms in total. The first-order chi connectivity index (χ1) is 8.84. The van der Waals surface area contributed by atoms with Crippen molar-refractivity contribution in [2.75, 3.05) is 11.4 Å². The zero-order valence-corrected chi connectivity index (χ0v) is 13.1. The highest BCUT2D eigenvalue weighted by molar-refractivity contribution is 7.95. The first kappa shape index (κ1) is 15.9. The van der Waals surface area contributed by atoms with E-state index in [0.717, 1.165) is 12.0 Å². The monoisotopic (exact) mass is 300 g/mol. The first-order valence-corrected chi connectivity index (χ1v) is 8.11. The van der Waals surface area contributed by atoms with Gasteiger partial charge in [0.2, 0.25) is 10.0 Å². The quantitative estimate of drug-likeness (QED) is 0.817. The van der Waals surface area contributed by atoms with E-state index in [0.29, 0.717) is 12.1 Å². The van der Waals surface area contributed by atoms with Gasteiger partial charge >= 0.3 is 0 Å². The molecule has 0 aliphatic carbocycles. The van der Waals surface area contributed by atoms with Crippen molar-refractivity contribution in [3.8, 4) is 0 Å². The molecule has 0 aliphatic rings. The Morgan fingerprint density at radius 3 is 2.21 bits per heavy atom. The fourth-order valence-corrected chi connectivity index (χ4v) is 3.88. The van der Waals surface area contributed by atoms with Crippen LogP contribution < -0.4 is 10.0 Å². The van der Waals surface area contributed by atoms with Crippen molar-refractivity contribution in [2.45, 2.75) is 31.9 Å². The molecule has 0 fully saturated rings. The Morgan fingerprint density at radius 1 is 1.32 bits per heavy atom. The van der Waals surface area contributed by atoms with E-state index in [1.54, 1.807) is 19.1 Å². The van der Waals surface area contributed by atoms with Crippen molar-refractivity contribution in [1.29, 1.82) is 0 Å². The maximum atomic E-state index is 12.4. The highest BCUT2D eigenvalue weighted by Gasteiger charge is 2.30. The molecule has 1 aromatic rings. The lowest BCUT2D eigenvalue weighted by atomic mass is 10.1. The molecule has 0 amide bonds. The summed E-state index contributed by atoms with van der Waals surface area (Å²) >= 11 is 4.84. The molecule has 19 heavy (non-hydrogen) atoms. The topological polar surface area (TPSA) is 63.4 Å². The minimum Gasteiger partial charge on any atom is -0.392 e. The normalized spacial score (nSPS) is 13.0. The molecule has 0 saturated heterocycles. The van der Waals surface area contributed by atoms with E-state index >= 15 is 0 Å². The molecular formula is C13H20N2O2S2. The summed E-state index contributed by atoms with van der Waals surface area (Å²) in [6.07, 6.45) is 1.29. The zero-order valence-electron chi connectivity index (χ0n) is 11.5. The van der Waals surface area contributed by atoms with Gasteiger partial charge < -0.3 is 5.73 Å². The van der Waals surface area contributed by atoms with Gasteiger partial charge in [-0.3, -0.25) is 4.31 Å². The molecule has 2 N–H and O–H groups in total. The minimum atomic E-state index is -3.56. The molecule has 1 aromatic carbocycles. The van der Waals surface area contributed by atoms with Crippen LogP contribution >= 0.6 is 12.2 Å². The second-order valence-electron chi connectivity index (χ2n) is 4.33. The lowest BCUT2D eigenvalue weighted by molar-refractivity contribution is 0.587. The summed E-state index contributed by atoms with van der Waals surface area (Å²) in [6.45, 7) is 3.81. The Morgan fingerprint density at radius 2 is 1.84 bits per heavy atom. The SMILES string of the molecule is CCc1ccc(N(C)S(=O)(=O)C(CC)C(N)=S)cc1. The van der Waals surface area contributed by atoms with E-state index < -0.39 is 15.3 Å². The summed E-state index contributed by atoms with van der Waals surface area (Å²) in [5.74, 6) is 0. The third-order valence-corrected chi connectivity index (χ3v) is 5.85. The maximum absolute atomic E-state index is 12.4. The van der Waals surface area contributed by atoms with Crippen molar-refractivity contribution in [3.63, 3.8) is 0 Å². The predicted octanol–water partition coefficient (Wildman–Crippen LogP) is 2.08. The Kier molecular flexibility index (Phi) is 5.31. The molecule has 1 unspecified atom stereocenters. The van der Waals surface area contributed by atoms with Crippen LogP contribution in [0.3, 0.4) is 0 Å². The third-order valence-electron chi connectivity index (χ3n) is 3.14. The van der Waals surface area contributed by atoms with Crippen LogP contribution in [0, 0.1) is 0 Å². The molecule has 0 radical (unpaired) electrons. The van der Waals surface area contributed by atoms with Gasteiger partial charge in [0.05, 0.1) is 10.7 Å². The van der Waals surface area contributed by atoms with Crippen molar-refractivity contribution < 1.29 is 8.42 Å². The lowest BCUT2D eigenvalue weighted by Gasteiger charge is -2.24. The van der Waals surface area contributed by atoms with Crippen LogP contribution in [0.5, 0.6) is 0 Å². The highest BCUT2D eigenvalue weighted by atomic mass is 32.2. The van der Waals surface area contributed by atoms with Gasteiger partial charge in [0.25, 0.3) is 0 Å². The number of anilines is 1. The summed E-state index contributed by atoms with van der Waals surface area (Å²) in [7, 11) is -2.03. The van der Waals surface area contributed by atoms with Gasteiger partial charge in [-0.05, 0) is 30.5 Å². The van der Waals surface area contributed by atoms with E-state index in [9.17, 15) is 8.42 Å². The third kappa shape index (κ3) is 3.45. The summed E-state index contributed by atoms with van der Waals surface area (Å²) in [6, 6.07) is 7.43. The Bertz CT molecular complexity index is 538. The van der Waals surface area contributed by atoms with Crippen molar-refractivity contribution in [3.05, 3.63) is 29.8 Å². The number of nitrogens with two attached hydrogens (primary N) is 1. The van der Waals surface area contributed by atoms with Crippen LogP contribution in [0.4, 0.5) is 5.69 Å². The fraction of sp³-hybridized carbons (Fsp3) is 0.462. The molecule has 0 heterocycles. The zero-order chi connectivity index (χ0) is 14.6. The second-order valence-corrected chi connectivity index (χ2v) is 6.95. The van der Waals surface area contributed by atoms with E-state index in [-0.39, 0.29) is 4.99 Å². The van der Waals surface area contributed by atoms with Gasteiger partial charge in [0, 0.05) is 7.05 Å². The molecule has 0 bridgehead atoms. The number of hydrogen-bond donors (Lipinski definition) is 1. The lowest BCUT2D eigenvalue weighted by Crippen LogP contribution is -2.42. The maximum Gasteiger partial charge on any atom is 0.244 e. The molecular weight excluding hydrogens is 280 g/mol. The van der Waals surface area contributed by atoms with E-state index in [1.165, 1.54) is 11.4 Å². The van der Waals surface area contributed by atoms with Crippen LogP contribution in [0.1, 0.15) is 25.8 Å². The van der Waals surface area contributed by atoms with Gasteiger partial charge in [-0.25, -0.2) is 8.42 Å². The Labute approximate surface area is 120 Å². The van der Waals surface area contributed by atoms with Crippen LogP contribution in [0.25, 0.3) is 0 Å². The highest BCUT2D eigenvalue weighted by Crippen LogP contribution is 2.21. The molecule has 0 aromatic heterocycles. The van der Waals surface area contributed by atoms with E-state index in [1.807, 2.05) is 12.1 Å². The van der Waals surface area contributed by atoms with E-state index in [4.69, 9.17) is 18.0 Å². The largest absolute Gasteiger partial charge is 0.392 e. The van der Waals surface area contributed by atoms with Crippen LogP contribution in [0.15, 0.2) is 24.3 Å². The van der Waals surface area contributed by atoms with Gasteiger partial charge in [-0.15, -0.1) is 0 Å². The predicted molar refractivity (Wildman–Crippen MR) is 84.0 cm³/mol. The summed E-state index contributed by atoms with van der Waals surface area (Å²) in [4.78, 5) is 0.0135. The second kappa shape index (κ2) is 6.34. The number of thiocarbonyl (C=S) groups is 1. The van der Waals surface area contributed by atoms with Gasteiger partial charge in [-0.2, -0.15) is 0 Å². The smallest absolute Gasteiger partial charge is 0.244 e. The molecule has 6 heteroatoms. The van der Waals surface area contributed by atoms with Crippen molar-refractivity contribution in [1.82, 2.24) is 0 Å². The van der Waals surface area contributed by atoms with Crippen LogP contribution in [-0.4, -0.2) is 25.7 Å². The molecule has 106 valence electrons. The van der Waals surface area contributed by atoms with Crippen LogP contribution in [-0.2, 0) is 16.4 Å². The molecule has 0 aliphatic heterocycles. The number of hydrogen-bond acceptors (Lipinski definition) is 3. The Balaban J connectivity index is 3.09. The molecule has 0 spiro atoms. The fourth-order valence-electron chi connectivity index (χ4n) is 1.84. The molecule has 0 saturated carbocycles.